The summed E-state index contributed by atoms with van der Waals surface area (Å²) in [6, 6.07) is 1.75. The number of nitrogens with zero attached hydrogens (tertiary/aromatic N) is 3. The number of ether oxygens (including phenoxy) is 1. The van der Waals surface area contributed by atoms with Crippen molar-refractivity contribution in [2.75, 3.05) is 12.0 Å². The number of hydrogen-bond acceptors (Lipinski definition) is 6. The van der Waals surface area contributed by atoms with Gasteiger partial charge in [0.05, 0.1) is 0 Å². The third-order valence-electron chi connectivity index (χ3n) is 2.22. The Morgan fingerprint density at radius 3 is 2.60 bits per heavy atom. The van der Waals surface area contributed by atoms with Gasteiger partial charge in [-0.15, -0.1) is 0 Å². The average molecular weight is 302 g/mol. The molecule has 0 aliphatic heterocycles. The summed E-state index contributed by atoms with van der Waals surface area (Å²) in [5, 5.41) is 0.377. The minimum atomic E-state index is -1.59. The van der Waals surface area contributed by atoms with Crippen LogP contribution in [0.4, 0.5) is 19.1 Å². The normalized spacial score (nSPS) is 10.6. The van der Waals surface area contributed by atoms with Crippen molar-refractivity contribution in [2.24, 2.45) is 0 Å². The molecule has 2 aromatic rings. The Morgan fingerprint density at radius 1 is 1.15 bits per heavy atom. The minimum absolute atomic E-state index is 0.00583. The van der Waals surface area contributed by atoms with Gasteiger partial charge in [0.25, 0.3) is 0 Å². The van der Waals surface area contributed by atoms with Crippen molar-refractivity contribution >= 4 is 17.7 Å². The number of nitrogen functional groups attached to an aromatic ring is 1. The Kier molecular flexibility index (Phi) is 4.28. The maximum atomic E-state index is 13.4. The molecule has 0 spiro atoms. The van der Waals surface area contributed by atoms with Crippen LogP contribution in [0.2, 0.25) is 0 Å². The maximum Gasteiger partial charge on any atom is 0.224 e. The van der Waals surface area contributed by atoms with Crippen LogP contribution in [0.25, 0.3) is 0 Å². The monoisotopic (exact) mass is 302 g/mol. The van der Waals surface area contributed by atoms with E-state index in [0.717, 1.165) is 12.1 Å². The molecule has 5 nitrogen and oxygen atoms in total. The Hall–Kier alpha value is -2.03. The van der Waals surface area contributed by atoms with E-state index in [4.69, 9.17) is 10.5 Å². The summed E-state index contributed by atoms with van der Waals surface area (Å²) in [7, 11) is 0. The van der Waals surface area contributed by atoms with Crippen molar-refractivity contribution in [2.45, 2.75) is 11.8 Å². The lowest BCUT2D eigenvalue weighted by Crippen LogP contribution is -2.08. The topological polar surface area (TPSA) is 73.9 Å². The number of benzene rings is 1. The lowest BCUT2D eigenvalue weighted by atomic mass is 10.3. The number of thioether (sulfide) groups is 1. The fraction of sp³-hybridized carbons (Fsp3) is 0.182. The first-order valence-corrected chi connectivity index (χ1v) is 6.54. The lowest BCUT2D eigenvalue weighted by Gasteiger charge is -2.08. The summed E-state index contributed by atoms with van der Waals surface area (Å²) in [4.78, 5) is 11.6. The molecule has 0 radical (unpaired) electrons. The van der Waals surface area contributed by atoms with Gasteiger partial charge in [0.2, 0.25) is 11.8 Å². The smallest absolute Gasteiger partial charge is 0.224 e. The van der Waals surface area contributed by atoms with Gasteiger partial charge >= 0.3 is 0 Å². The third-order valence-corrected chi connectivity index (χ3v) is 2.77. The Morgan fingerprint density at radius 2 is 1.90 bits per heavy atom. The van der Waals surface area contributed by atoms with Gasteiger partial charge in [-0.2, -0.15) is 14.4 Å². The van der Waals surface area contributed by atoms with E-state index in [9.17, 15) is 13.2 Å². The maximum absolute atomic E-state index is 13.4. The quantitative estimate of drug-likeness (QED) is 0.689. The fourth-order valence-corrected chi connectivity index (χ4v) is 1.71. The van der Waals surface area contributed by atoms with Gasteiger partial charge < -0.3 is 10.5 Å². The molecule has 0 atom stereocenters. The van der Waals surface area contributed by atoms with Crippen LogP contribution < -0.4 is 10.5 Å². The van der Waals surface area contributed by atoms with Crippen LogP contribution in [0.5, 0.6) is 5.75 Å². The van der Waals surface area contributed by atoms with Crippen molar-refractivity contribution < 1.29 is 17.9 Å². The van der Waals surface area contributed by atoms with Crippen molar-refractivity contribution in [3.8, 4) is 5.75 Å². The number of anilines is 1. The molecule has 0 amide bonds. The zero-order valence-electron chi connectivity index (χ0n) is 10.2. The van der Waals surface area contributed by atoms with Gasteiger partial charge in [-0.05, 0) is 18.4 Å². The second-order valence-corrected chi connectivity index (χ2v) is 4.33. The Bertz CT molecular complexity index is 641. The molecule has 106 valence electrons. The van der Waals surface area contributed by atoms with Crippen LogP contribution in [0.15, 0.2) is 17.3 Å². The molecule has 0 unspecified atom stereocenters. The zero-order valence-corrected chi connectivity index (χ0v) is 11.0. The molecule has 0 bridgehead atoms. The molecule has 20 heavy (non-hydrogen) atoms. The molecule has 9 heteroatoms. The third kappa shape index (κ3) is 3.10. The van der Waals surface area contributed by atoms with Gasteiger partial charge in [-0.25, -0.2) is 13.8 Å². The largest absolute Gasteiger partial charge is 0.482 e. The fourth-order valence-electron chi connectivity index (χ4n) is 1.33. The summed E-state index contributed by atoms with van der Waals surface area (Å²) in [6.07, 6.45) is 1.74. The highest BCUT2D eigenvalue weighted by Gasteiger charge is 2.15. The summed E-state index contributed by atoms with van der Waals surface area (Å²) in [5.41, 5.74) is 5.46. The first kappa shape index (κ1) is 14.4. The molecular formula is C11H9F3N4OS. The Labute approximate surface area is 116 Å². The van der Waals surface area contributed by atoms with Crippen LogP contribution in [-0.4, -0.2) is 21.2 Å². The van der Waals surface area contributed by atoms with Gasteiger partial charge in [0.15, 0.2) is 28.4 Å². The number of hydrogen-bond donors (Lipinski definition) is 1. The van der Waals surface area contributed by atoms with Crippen LogP contribution in [0.1, 0.15) is 5.82 Å². The molecule has 1 aromatic heterocycles. The van der Waals surface area contributed by atoms with E-state index < -0.39 is 23.2 Å². The molecule has 0 aliphatic rings. The number of rotatable bonds is 4. The summed E-state index contributed by atoms with van der Waals surface area (Å²) < 4.78 is 44.1. The van der Waals surface area contributed by atoms with E-state index in [0.29, 0.717) is 5.16 Å². The van der Waals surface area contributed by atoms with Gasteiger partial charge in [0, 0.05) is 0 Å². The molecule has 0 saturated heterocycles. The van der Waals surface area contributed by atoms with E-state index in [-0.39, 0.29) is 18.4 Å². The molecule has 0 aliphatic carbocycles. The van der Waals surface area contributed by atoms with Gasteiger partial charge in [-0.3, -0.25) is 0 Å². The molecular weight excluding hydrogens is 293 g/mol. The van der Waals surface area contributed by atoms with E-state index >= 15 is 0 Å². The van der Waals surface area contributed by atoms with Crippen molar-refractivity contribution in [1.29, 1.82) is 0 Å². The summed E-state index contributed by atoms with van der Waals surface area (Å²) >= 11 is 1.24. The highest BCUT2D eigenvalue weighted by Crippen LogP contribution is 2.22. The molecule has 2 N–H and O–H groups in total. The molecule has 1 heterocycles. The highest BCUT2D eigenvalue weighted by atomic mass is 32.2. The van der Waals surface area contributed by atoms with Crippen molar-refractivity contribution in [3.63, 3.8) is 0 Å². The van der Waals surface area contributed by atoms with Gasteiger partial charge in [0.1, 0.15) is 6.61 Å². The number of nitrogens with two attached hydrogens (primary N) is 1. The van der Waals surface area contributed by atoms with Gasteiger partial charge in [-0.1, -0.05) is 11.8 Å². The molecule has 1 aromatic carbocycles. The summed E-state index contributed by atoms with van der Waals surface area (Å²) in [6.45, 7) is -0.248. The molecule has 2 rings (SSSR count). The predicted molar refractivity (Wildman–Crippen MR) is 66.7 cm³/mol. The van der Waals surface area contributed by atoms with Crippen LogP contribution in [0, 0.1) is 17.5 Å². The number of halogens is 3. The van der Waals surface area contributed by atoms with E-state index in [1.165, 1.54) is 11.8 Å². The SMILES string of the molecule is CSc1nc(N)nc(COc2ccc(F)c(F)c2F)n1. The second kappa shape index (κ2) is 5.95. The van der Waals surface area contributed by atoms with Crippen LogP contribution >= 0.6 is 11.8 Å². The zero-order chi connectivity index (χ0) is 14.7. The number of aromatic nitrogens is 3. The highest BCUT2D eigenvalue weighted by molar-refractivity contribution is 7.98. The van der Waals surface area contributed by atoms with Crippen molar-refractivity contribution in [1.82, 2.24) is 15.0 Å². The van der Waals surface area contributed by atoms with E-state index in [1.54, 1.807) is 6.26 Å². The first-order valence-electron chi connectivity index (χ1n) is 5.32. The second-order valence-electron chi connectivity index (χ2n) is 3.56. The average Bonchev–Trinajstić information content (AvgIpc) is 2.43. The van der Waals surface area contributed by atoms with Crippen LogP contribution in [-0.2, 0) is 6.61 Å². The minimum Gasteiger partial charge on any atom is -0.482 e. The van der Waals surface area contributed by atoms with E-state index in [1.807, 2.05) is 0 Å². The summed E-state index contributed by atoms with van der Waals surface area (Å²) in [5.74, 6) is -4.57. The standard InChI is InChI=1S/C11H9F3N4OS/c1-20-11-17-7(16-10(15)18-11)4-19-6-3-2-5(12)8(13)9(6)14/h2-3H,4H2,1H3,(H2,15,16,17,18). The van der Waals surface area contributed by atoms with Crippen molar-refractivity contribution in [3.05, 3.63) is 35.4 Å². The first-order chi connectivity index (χ1) is 9.51. The predicted octanol–water partition coefficient (Wildman–Crippen LogP) is 2.17. The molecule has 0 saturated carbocycles. The van der Waals surface area contributed by atoms with Crippen LogP contribution in [0.3, 0.4) is 0 Å². The molecule has 0 fully saturated rings. The van der Waals surface area contributed by atoms with E-state index in [2.05, 4.69) is 15.0 Å². The lowest BCUT2D eigenvalue weighted by molar-refractivity contribution is 0.272. The Balaban J connectivity index is 2.17.